The van der Waals surface area contributed by atoms with Crippen LogP contribution in [0, 0.1) is 0 Å². The van der Waals surface area contributed by atoms with E-state index in [2.05, 4.69) is 13.8 Å². The van der Waals surface area contributed by atoms with Crippen molar-refractivity contribution < 1.29 is 0 Å². The van der Waals surface area contributed by atoms with Crippen molar-refractivity contribution in [3.63, 3.8) is 0 Å². The first-order valence-electron chi connectivity index (χ1n) is 3.31. The van der Waals surface area contributed by atoms with Gasteiger partial charge < -0.3 is 0 Å². The van der Waals surface area contributed by atoms with E-state index in [1.54, 1.807) is 0 Å². The molecule has 0 amide bonds. The summed E-state index contributed by atoms with van der Waals surface area (Å²) in [5.41, 5.74) is 1.09. The number of hydrogen-bond donors (Lipinski definition) is 0. The molecule has 0 saturated carbocycles. The lowest BCUT2D eigenvalue weighted by molar-refractivity contribution is 0.700. The van der Waals surface area contributed by atoms with Crippen LogP contribution in [0.25, 0.3) is 0 Å². The molecule has 1 atom stereocenters. The lowest BCUT2D eigenvalue weighted by atomic mass is 10.2. The van der Waals surface area contributed by atoms with Crippen molar-refractivity contribution in [3.8, 4) is 0 Å². The van der Waals surface area contributed by atoms with Crippen LogP contribution in [0.4, 0.5) is 0 Å². The Morgan fingerprint density at radius 2 is 2.00 bits per heavy atom. The largest absolute Gasteiger partial charge is 0.0654 e. The molecule has 7 heavy (non-hydrogen) atoms. The second-order valence-corrected chi connectivity index (χ2v) is 3.94. The van der Waals surface area contributed by atoms with E-state index in [0.717, 1.165) is 5.54 Å². The van der Waals surface area contributed by atoms with E-state index in [-0.39, 0.29) is 0 Å². The minimum atomic E-state index is 1.09. The van der Waals surface area contributed by atoms with Gasteiger partial charge in [-0.25, -0.2) is 0 Å². The predicted molar refractivity (Wildman–Crippen MR) is 38.9 cm³/mol. The fourth-order valence-electron chi connectivity index (χ4n) is 0.697. The van der Waals surface area contributed by atoms with Crippen LogP contribution in [-0.4, -0.2) is 10.2 Å². The Bertz CT molecular complexity index is 35.2. The highest BCUT2D eigenvalue weighted by Crippen LogP contribution is 2.10. The van der Waals surface area contributed by atoms with E-state index in [1.165, 1.54) is 29.5 Å². The highest BCUT2D eigenvalue weighted by Gasteiger charge is 1.92. The van der Waals surface area contributed by atoms with Crippen molar-refractivity contribution in [1.29, 1.82) is 0 Å². The summed E-state index contributed by atoms with van der Waals surface area (Å²) in [6.07, 6.45) is 4.24. The van der Waals surface area contributed by atoms with Crippen LogP contribution in [0.3, 0.4) is 0 Å². The smallest absolute Gasteiger partial charge is 0.00671 e. The second kappa shape index (κ2) is 4.38. The Labute approximate surface area is 49.7 Å². The van der Waals surface area contributed by atoms with Gasteiger partial charge >= 0.3 is 0 Å². The van der Waals surface area contributed by atoms with Gasteiger partial charge in [-0.05, 0) is 0 Å². The van der Waals surface area contributed by atoms with Crippen LogP contribution in [-0.2, 0) is 0 Å². The van der Waals surface area contributed by atoms with Crippen LogP contribution in [0.1, 0.15) is 33.1 Å². The van der Waals surface area contributed by atoms with Gasteiger partial charge in [0.05, 0.1) is 0 Å². The summed E-state index contributed by atoms with van der Waals surface area (Å²) in [6, 6.07) is 0. The van der Waals surface area contributed by atoms with Crippen molar-refractivity contribution in [2.75, 3.05) is 0 Å². The normalized spacial score (nSPS) is 14.6. The summed E-state index contributed by atoms with van der Waals surface area (Å²) >= 11 is 0. The molecular formula is C6H16Si. The summed E-state index contributed by atoms with van der Waals surface area (Å²) in [6.45, 7) is 4.55. The van der Waals surface area contributed by atoms with Gasteiger partial charge in [0.25, 0.3) is 0 Å². The molecule has 0 N–H and O–H groups in total. The summed E-state index contributed by atoms with van der Waals surface area (Å²) in [4.78, 5) is 0. The number of rotatable bonds is 3. The summed E-state index contributed by atoms with van der Waals surface area (Å²) < 4.78 is 0. The van der Waals surface area contributed by atoms with E-state index >= 15 is 0 Å². The third-order valence-corrected chi connectivity index (χ3v) is 2.87. The van der Waals surface area contributed by atoms with Crippen LogP contribution in [0.2, 0.25) is 5.54 Å². The van der Waals surface area contributed by atoms with Gasteiger partial charge in [-0.3, -0.25) is 0 Å². The highest BCUT2D eigenvalue weighted by atomic mass is 28.1. The molecule has 0 fully saturated rings. The molecule has 1 heteroatoms. The first kappa shape index (κ1) is 7.22. The quantitative estimate of drug-likeness (QED) is 0.488. The zero-order valence-electron chi connectivity index (χ0n) is 5.70. The minimum Gasteiger partial charge on any atom is -0.0654 e. The Morgan fingerprint density at radius 3 is 2.14 bits per heavy atom. The van der Waals surface area contributed by atoms with Crippen molar-refractivity contribution in [3.05, 3.63) is 0 Å². The average Bonchev–Trinajstić information content (AvgIpc) is 1.68. The second-order valence-electron chi connectivity index (χ2n) is 2.30. The molecule has 0 spiro atoms. The van der Waals surface area contributed by atoms with Gasteiger partial charge in [0, 0.05) is 10.2 Å². The molecule has 0 aliphatic rings. The maximum absolute atomic E-state index is 2.29. The lowest BCUT2D eigenvalue weighted by Crippen LogP contribution is -1.86. The Balaban J connectivity index is 2.83. The van der Waals surface area contributed by atoms with Crippen LogP contribution >= 0.6 is 0 Å². The van der Waals surface area contributed by atoms with Crippen molar-refractivity contribution in [2.45, 2.75) is 38.7 Å². The van der Waals surface area contributed by atoms with Crippen molar-refractivity contribution in [1.82, 2.24) is 0 Å². The van der Waals surface area contributed by atoms with Crippen LogP contribution in [0.15, 0.2) is 0 Å². The van der Waals surface area contributed by atoms with E-state index in [9.17, 15) is 0 Å². The molecule has 44 valence electrons. The minimum absolute atomic E-state index is 1.09. The SMILES string of the molecule is CCCC([SiH3])CC. The van der Waals surface area contributed by atoms with Gasteiger partial charge in [0.2, 0.25) is 0 Å². The maximum atomic E-state index is 2.29. The standard InChI is InChI=1S/C6H16Si/c1-3-5-6(7)4-2/h6H,3-5H2,1-2,7H3. The monoisotopic (exact) mass is 116 g/mol. The fourth-order valence-corrected chi connectivity index (χ4v) is 1.27. The molecule has 0 radical (unpaired) electrons. The maximum Gasteiger partial charge on any atom is 0.00671 e. The first-order valence-corrected chi connectivity index (χ1v) is 4.46. The molecule has 0 heterocycles. The molecule has 0 aliphatic heterocycles. The molecule has 0 aromatic rings. The zero-order chi connectivity index (χ0) is 5.70. The molecule has 0 aromatic carbocycles. The summed E-state index contributed by atoms with van der Waals surface area (Å²) in [7, 11) is 1.40. The van der Waals surface area contributed by atoms with Gasteiger partial charge in [0.1, 0.15) is 0 Å². The molecule has 0 aromatic heterocycles. The van der Waals surface area contributed by atoms with Crippen LogP contribution < -0.4 is 0 Å². The van der Waals surface area contributed by atoms with Gasteiger partial charge in [-0.15, -0.1) is 0 Å². The first-order chi connectivity index (χ1) is 3.31. The van der Waals surface area contributed by atoms with Crippen molar-refractivity contribution in [2.24, 2.45) is 0 Å². The molecule has 0 rings (SSSR count). The Morgan fingerprint density at radius 1 is 1.43 bits per heavy atom. The van der Waals surface area contributed by atoms with E-state index in [4.69, 9.17) is 0 Å². The fraction of sp³-hybridized carbons (Fsp3) is 1.00. The van der Waals surface area contributed by atoms with Gasteiger partial charge in [-0.1, -0.05) is 38.7 Å². The Hall–Kier alpha value is 0.217. The highest BCUT2D eigenvalue weighted by molar-refractivity contribution is 6.11. The van der Waals surface area contributed by atoms with E-state index < -0.39 is 0 Å². The van der Waals surface area contributed by atoms with Crippen LogP contribution in [0.5, 0.6) is 0 Å². The summed E-state index contributed by atoms with van der Waals surface area (Å²) in [5, 5.41) is 0. The molecule has 0 aliphatic carbocycles. The van der Waals surface area contributed by atoms with Crippen molar-refractivity contribution >= 4 is 10.2 Å². The zero-order valence-corrected chi connectivity index (χ0v) is 7.70. The molecule has 0 bridgehead atoms. The van der Waals surface area contributed by atoms with E-state index in [0.29, 0.717) is 0 Å². The van der Waals surface area contributed by atoms with Gasteiger partial charge in [-0.2, -0.15) is 0 Å². The molecule has 0 saturated heterocycles. The third-order valence-electron chi connectivity index (χ3n) is 1.48. The average molecular weight is 116 g/mol. The third kappa shape index (κ3) is 4.06. The number of hydrogen-bond acceptors (Lipinski definition) is 0. The molecular weight excluding hydrogens is 100 g/mol. The molecule has 1 unspecified atom stereocenters. The Kier molecular flexibility index (Phi) is 4.51. The predicted octanol–water partition coefficient (Wildman–Crippen LogP) is 1.35. The summed E-state index contributed by atoms with van der Waals surface area (Å²) in [5.74, 6) is 0. The topological polar surface area (TPSA) is 0 Å². The van der Waals surface area contributed by atoms with E-state index in [1.807, 2.05) is 0 Å². The lowest BCUT2D eigenvalue weighted by Gasteiger charge is -2.02. The molecule has 0 nitrogen and oxygen atoms in total. The van der Waals surface area contributed by atoms with Gasteiger partial charge in [0.15, 0.2) is 0 Å².